The van der Waals surface area contributed by atoms with Crippen molar-refractivity contribution >= 4 is 11.9 Å². The van der Waals surface area contributed by atoms with Crippen molar-refractivity contribution in [3.63, 3.8) is 0 Å². The Morgan fingerprint density at radius 1 is 1.28 bits per heavy atom. The predicted octanol–water partition coefficient (Wildman–Crippen LogP) is -0.0823. The number of hydrogen-bond acceptors (Lipinski definition) is 4. The highest BCUT2D eigenvalue weighted by Crippen LogP contribution is 1.95. The maximum atomic E-state index is 11.6. The second kappa shape index (κ2) is 9.85. The highest BCUT2D eigenvalue weighted by molar-refractivity contribution is 5.78. The summed E-state index contributed by atoms with van der Waals surface area (Å²) >= 11 is 0. The molecule has 0 aliphatic carbocycles. The monoisotopic (exact) mass is 260 g/mol. The predicted molar refractivity (Wildman–Crippen MR) is 68.2 cm³/mol. The summed E-state index contributed by atoms with van der Waals surface area (Å²) in [6.45, 7) is 5.70. The van der Waals surface area contributed by atoms with Gasteiger partial charge in [-0.3, -0.25) is 14.5 Å². The number of aliphatic carboxylic acids is 1. The molecule has 0 unspecified atom stereocenters. The van der Waals surface area contributed by atoms with Crippen molar-refractivity contribution < 1.29 is 19.8 Å². The quantitative estimate of drug-likeness (QED) is 0.511. The number of hydrogen-bond donors (Lipinski definition) is 3. The Kier molecular flexibility index (Phi) is 9.22. The topological polar surface area (TPSA) is 89.9 Å². The molecular formula is C12H24N2O4. The van der Waals surface area contributed by atoms with Crippen molar-refractivity contribution in [3.8, 4) is 0 Å². The van der Waals surface area contributed by atoms with E-state index in [1.165, 1.54) is 0 Å². The molecule has 0 atom stereocenters. The highest BCUT2D eigenvalue weighted by Gasteiger charge is 2.12. The molecule has 0 aromatic heterocycles. The van der Waals surface area contributed by atoms with Crippen molar-refractivity contribution in [3.05, 3.63) is 0 Å². The number of nitrogens with one attached hydrogen (secondary N) is 1. The van der Waals surface area contributed by atoms with Crippen molar-refractivity contribution in [1.29, 1.82) is 0 Å². The van der Waals surface area contributed by atoms with E-state index in [0.717, 1.165) is 0 Å². The van der Waals surface area contributed by atoms with Gasteiger partial charge in [0.1, 0.15) is 0 Å². The molecule has 0 aliphatic heterocycles. The highest BCUT2D eigenvalue weighted by atomic mass is 16.4. The smallest absolute Gasteiger partial charge is 0.304 e. The molecule has 0 saturated carbocycles. The molecule has 0 aromatic rings. The average molecular weight is 260 g/mol. The summed E-state index contributed by atoms with van der Waals surface area (Å²) in [7, 11) is 0. The van der Waals surface area contributed by atoms with Gasteiger partial charge in [-0.2, -0.15) is 0 Å². The van der Waals surface area contributed by atoms with E-state index in [2.05, 4.69) is 5.32 Å². The van der Waals surface area contributed by atoms with Gasteiger partial charge in [-0.15, -0.1) is 0 Å². The lowest BCUT2D eigenvalue weighted by atomic mass is 10.2. The number of nitrogens with zero attached hydrogens (tertiary/aromatic N) is 1. The second-order valence-corrected chi connectivity index (χ2v) is 4.69. The summed E-state index contributed by atoms with van der Waals surface area (Å²) in [6, 6.07) is 0. The standard InChI is InChI=1S/C12H24N2O4/c1-10(2)8-13-11(16)9-14(5-3-7-15)6-4-12(17)18/h10,15H,3-9H2,1-2H3,(H,13,16)(H,17,18). The van der Waals surface area contributed by atoms with E-state index in [0.29, 0.717) is 32.0 Å². The fraction of sp³-hybridized carbons (Fsp3) is 0.833. The zero-order valence-electron chi connectivity index (χ0n) is 11.2. The third-order valence-corrected chi connectivity index (χ3v) is 2.35. The second-order valence-electron chi connectivity index (χ2n) is 4.69. The molecule has 0 fully saturated rings. The van der Waals surface area contributed by atoms with Crippen LogP contribution in [-0.4, -0.2) is 59.8 Å². The van der Waals surface area contributed by atoms with E-state index >= 15 is 0 Å². The van der Waals surface area contributed by atoms with E-state index in [1.54, 1.807) is 4.90 Å². The Bertz CT molecular complexity index is 256. The van der Waals surface area contributed by atoms with Crippen LogP contribution in [0, 0.1) is 5.92 Å². The molecule has 18 heavy (non-hydrogen) atoms. The minimum Gasteiger partial charge on any atom is -0.481 e. The van der Waals surface area contributed by atoms with Gasteiger partial charge in [-0.25, -0.2) is 0 Å². The summed E-state index contributed by atoms with van der Waals surface area (Å²) in [5, 5.41) is 20.2. The zero-order chi connectivity index (χ0) is 14.0. The molecule has 6 heteroatoms. The van der Waals surface area contributed by atoms with E-state index in [-0.39, 0.29) is 25.5 Å². The number of rotatable bonds is 10. The van der Waals surface area contributed by atoms with Gasteiger partial charge in [0.25, 0.3) is 0 Å². The first-order valence-electron chi connectivity index (χ1n) is 6.27. The van der Waals surface area contributed by atoms with Crippen molar-refractivity contribution in [2.45, 2.75) is 26.7 Å². The van der Waals surface area contributed by atoms with Gasteiger partial charge < -0.3 is 15.5 Å². The number of carboxylic acids is 1. The van der Waals surface area contributed by atoms with E-state index in [4.69, 9.17) is 10.2 Å². The molecule has 0 saturated heterocycles. The molecule has 3 N–H and O–H groups in total. The van der Waals surface area contributed by atoms with Crippen LogP contribution in [0.25, 0.3) is 0 Å². The van der Waals surface area contributed by atoms with Crippen LogP contribution in [0.2, 0.25) is 0 Å². The van der Waals surface area contributed by atoms with Crippen LogP contribution in [0.1, 0.15) is 26.7 Å². The summed E-state index contributed by atoms with van der Waals surface area (Å²) in [5.41, 5.74) is 0. The Labute approximate surface area is 108 Å². The fourth-order valence-corrected chi connectivity index (χ4v) is 1.39. The molecule has 106 valence electrons. The largest absolute Gasteiger partial charge is 0.481 e. The number of carbonyl (C=O) groups excluding carboxylic acids is 1. The van der Waals surface area contributed by atoms with Gasteiger partial charge in [0, 0.05) is 26.2 Å². The summed E-state index contributed by atoms with van der Waals surface area (Å²) < 4.78 is 0. The van der Waals surface area contributed by atoms with Crippen LogP contribution in [0.4, 0.5) is 0 Å². The SMILES string of the molecule is CC(C)CNC(=O)CN(CCCO)CCC(=O)O. The third-order valence-electron chi connectivity index (χ3n) is 2.35. The maximum Gasteiger partial charge on any atom is 0.304 e. The normalized spacial score (nSPS) is 10.9. The molecule has 0 spiro atoms. The molecule has 6 nitrogen and oxygen atoms in total. The lowest BCUT2D eigenvalue weighted by Crippen LogP contribution is -2.40. The Balaban J connectivity index is 4.04. The molecule has 0 radical (unpaired) electrons. The molecule has 0 aromatic carbocycles. The van der Waals surface area contributed by atoms with Crippen molar-refractivity contribution in [2.75, 3.05) is 32.8 Å². The lowest BCUT2D eigenvalue weighted by Gasteiger charge is -2.20. The van der Waals surface area contributed by atoms with Crippen LogP contribution >= 0.6 is 0 Å². The van der Waals surface area contributed by atoms with Gasteiger partial charge >= 0.3 is 5.97 Å². The molecule has 1 amide bonds. The summed E-state index contributed by atoms with van der Waals surface area (Å²) in [6.07, 6.45) is 0.542. The minimum absolute atomic E-state index is 0.00287. The van der Waals surface area contributed by atoms with Crippen LogP contribution in [0.5, 0.6) is 0 Å². The van der Waals surface area contributed by atoms with Crippen LogP contribution in [0.3, 0.4) is 0 Å². The number of amides is 1. The number of carbonyl (C=O) groups is 2. The van der Waals surface area contributed by atoms with Gasteiger partial charge in [-0.05, 0) is 12.3 Å². The van der Waals surface area contributed by atoms with Crippen LogP contribution in [-0.2, 0) is 9.59 Å². The maximum absolute atomic E-state index is 11.6. The van der Waals surface area contributed by atoms with Gasteiger partial charge in [-0.1, -0.05) is 13.8 Å². The fourth-order valence-electron chi connectivity index (χ4n) is 1.39. The molecule has 0 heterocycles. The van der Waals surface area contributed by atoms with Gasteiger partial charge in [0.05, 0.1) is 13.0 Å². The Morgan fingerprint density at radius 3 is 2.44 bits per heavy atom. The molecule has 0 bridgehead atoms. The van der Waals surface area contributed by atoms with E-state index in [1.807, 2.05) is 13.8 Å². The van der Waals surface area contributed by atoms with Gasteiger partial charge in [0.15, 0.2) is 0 Å². The molecule has 0 rings (SSSR count). The molecule has 0 aliphatic rings. The van der Waals surface area contributed by atoms with Crippen molar-refractivity contribution in [1.82, 2.24) is 10.2 Å². The first kappa shape index (κ1) is 16.9. The van der Waals surface area contributed by atoms with Crippen molar-refractivity contribution in [2.24, 2.45) is 5.92 Å². The Morgan fingerprint density at radius 2 is 1.94 bits per heavy atom. The minimum atomic E-state index is -0.883. The van der Waals surface area contributed by atoms with E-state index in [9.17, 15) is 9.59 Å². The summed E-state index contributed by atoms with van der Waals surface area (Å²) in [5.74, 6) is -0.600. The first-order valence-corrected chi connectivity index (χ1v) is 6.27. The number of aliphatic hydroxyl groups is 1. The zero-order valence-corrected chi connectivity index (χ0v) is 11.2. The molecular weight excluding hydrogens is 236 g/mol. The average Bonchev–Trinajstić information content (AvgIpc) is 2.29. The van der Waals surface area contributed by atoms with E-state index < -0.39 is 5.97 Å². The number of carboxylic acid groups (broad SMARTS) is 1. The first-order chi connectivity index (χ1) is 8.45. The number of aliphatic hydroxyl groups excluding tert-OH is 1. The van der Waals surface area contributed by atoms with Gasteiger partial charge in [0.2, 0.25) is 5.91 Å². The Hall–Kier alpha value is -1.14. The van der Waals surface area contributed by atoms with Crippen LogP contribution < -0.4 is 5.32 Å². The third kappa shape index (κ3) is 10.0. The van der Waals surface area contributed by atoms with Crippen LogP contribution in [0.15, 0.2) is 0 Å². The summed E-state index contributed by atoms with van der Waals surface area (Å²) in [4.78, 5) is 23.9. The lowest BCUT2D eigenvalue weighted by molar-refractivity contribution is -0.137.